The predicted octanol–water partition coefficient (Wildman–Crippen LogP) is 3.74. The lowest BCUT2D eigenvalue weighted by molar-refractivity contribution is -0.130. The average Bonchev–Trinajstić information content (AvgIpc) is 2.62. The fourth-order valence-electron chi connectivity index (χ4n) is 2.79. The van der Waals surface area contributed by atoms with E-state index < -0.39 is 0 Å². The van der Waals surface area contributed by atoms with Crippen LogP contribution in [-0.4, -0.2) is 22.9 Å². The average molecular weight is 371 g/mol. The van der Waals surface area contributed by atoms with Gasteiger partial charge >= 0.3 is 0 Å². The third-order valence-corrected chi connectivity index (χ3v) is 4.62. The summed E-state index contributed by atoms with van der Waals surface area (Å²) in [5.41, 5.74) is 1.85. The molecule has 2 aromatic carbocycles. The molecule has 0 unspecified atom stereocenters. The Labute approximate surface area is 156 Å². The Kier molecular flexibility index (Phi) is 5.28. The Morgan fingerprint density at radius 3 is 2.54 bits per heavy atom. The molecule has 0 saturated heterocycles. The van der Waals surface area contributed by atoms with Gasteiger partial charge in [0.1, 0.15) is 5.75 Å². The highest BCUT2D eigenvalue weighted by Gasteiger charge is 2.14. The van der Waals surface area contributed by atoms with Gasteiger partial charge in [-0.1, -0.05) is 29.8 Å². The quantitative estimate of drug-likeness (QED) is 0.744. The SMILES string of the molecule is COc1ccc2[nH]c(=O)c(CN(Cc3ccccc3Cl)C(C)=O)cc2c1. The van der Waals surface area contributed by atoms with E-state index in [9.17, 15) is 9.59 Å². The number of amides is 1. The number of hydrogen-bond acceptors (Lipinski definition) is 3. The summed E-state index contributed by atoms with van der Waals surface area (Å²) in [4.78, 5) is 29.0. The number of nitrogens with zero attached hydrogens (tertiary/aromatic N) is 1. The van der Waals surface area contributed by atoms with Crippen molar-refractivity contribution in [2.24, 2.45) is 0 Å². The summed E-state index contributed by atoms with van der Waals surface area (Å²) in [5.74, 6) is 0.574. The molecule has 134 valence electrons. The Balaban J connectivity index is 1.93. The number of nitrogens with one attached hydrogen (secondary N) is 1. The van der Waals surface area contributed by atoms with Crippen molar-refractivity contribution < 1.29 is 9.53 Å². The number of hydrogen-bond donors (Lipinski definition) is 1. The fraction of sp³-hybridized carbons (Fsp3) is 0.200. The van der Waals surface area contributed by atoms with Gasteiger partial charge in [-0.05, 0) is 35.9 Å². The standard InChI is InChI=1S/C20H19ClN2O3/c1-13(24)23(11-14-5-3-4-6-18(14)21)12-16-9-15-10-17(26-2)7-8-19(15)22-20(16)25/h3-10H,11-12H2,1-2H3,(H,22,25). The Hall–Kier alpha value is -2.79. The van der Waals surface area contributed by atoms with Crippen LogP contribution >= 0.6 is 11.6 Å². The first-order valence-corrected chi connectivity index (χ1v) is 8.54. The Morgan fingerprint density at radius 2 is 1.85 bits per heavy atom. The lowest BCUT2D eigenvalue weighted by atomic mass is 10.1. The van der Waals surface area contributed by atoms with Gasteiger partial charge in [0.15, 0.2) is 0 Å². The minimum atomic E-state index is -0.215. The van der Waals surface area contributed by atoms with Gasteiger partial charge in [-0.25, -0.2) is 0 Å². The predicted molar refractivity (Wildman–Crippen MR) is 103 cm³/mol. The van der Waals surface area contributed by atoms with E-state index in [-0.39, 0.29) is 18.0 Å². The zero-order valence-electron chi connectivity index (χ0n) is 14.6. The summed E-state index contributed by atoms with van der Waals surface area (Å²) in [6.07, 6.45) is 0. The molecule has 0 fully saturated rings. The van der Waals surface area contributed by atoms with E-state index in [0.29, 0.717) is 22.9 Å². The summed E-state index contributed by atoms with van der Waals surface area (Å²) in [6, 6.07) is 14.6. The molecule has 1 heterocycles. The molecule has 0 bridgehead atoms. The zero-order chi connectivity index (χ0) is 18.7. The van der Waals surface area contributed by atoms with Gasteiger partial charge in [0.25, 0.3) is 5.56 Å². The van der Waals surface area contributed by atoms with Crippen LogP contribution in [0.1, 0.15) is 18.1 Å². The first-order valence-electron chi connectivity index (χ1n) is 8.17. The number of ether oxygens (including phenoxy) is 1. The van der Waals surface area contributed by atoms with E-state index in [2.05, 4.69) is 4.98 Å². The van der Waals surface area contributed by atoms with Crippen LogP contribution in [0, 0.1) is 0 Å². The first-order chi connectivity index (χ1) is 12.5. The smallest absolute Gasteiger partial charge is 0.253 e. The zero-order valence-corrected chi connectivity index (χ0v) is 15.3. The maximum atomic E-state index is 12.4. The van der Waals surface area contributed by atoms with Crippen LogP contribution in [0.2, 0.25) is 5.02 Å². The molecule has 0 saturated carbocycles. The highest BCUT2D eigenvalue weighted by molar-refractivity contribution is 6.31. The minimum absolute atomic E-state index is 0.130. The van der Waals surface area contributed by atoms with Gasteiger partial charge in [-0.3, -0.25) is 9.59 Å². The summed E-state index contributed by atoms with van der Waals surface area (Å²) in [6.45, 7) is 2.02. The van der Waals surface area contributed by atoms with Gasteiger partial charge in [0, 0.05) is 35.0 Å². The summed E-state index contributed by atoms with van der Waals surface area (Å²) in [5, 5.41) is 1.44. The van der Waals surface area contributed by atoms with Crippen molar-refractivity contribution in [2.75, 3.05) is 7.11 Å². The molecule has 1 N–H and O–H groups in total. The van der Waals surface area contributed by atoms with Crippen LogP contribution in [-0.2, 0) is 17.9 Å². The van der Waals surface area contributed by atoms with Crippen LogP contribution < -0.4 is 10.3 Å². The van der Waals surface area contributed by atoms with Crippen molar-refractivity contribution in [3.8, 4) is 5.75 Å². The first kappa shape index (κ1) is 18.0. The van der Waals surface area contributed by atoms with Crippen molar-refractivity contribution in [3.63, 3.8) is 0 Å². The molecule has 3 rings (SSSR count). The van der Waals surface area contributed by atoms with Crippen molar-refractivity contribution in [1.82, 2.24) is 9.88 Å². The van der Waals surface area contributed by atoms with Crippen LogP contribution in [0.5, 0.6) is 5.75 Å². The lowest BCUT2D eigenvalue weighted by Gasteiger charge is -2.21. The number of halogens is 1. The highest BCUT2D eigenvalue weighted by atomic mass is 35.5. The molecule has 5 nitrogen and oxygen atoms in total. The Morgan fingerprint density at radius 1 is 1.12 bits per heavy atom. The summed E-state index contributed by atoms with van der Waals surface area (Å²) < 4.78 is 5.23. The molecule has 0 radical (unpaired) electrons. The van der Waals surface area contributed by atoms with Crippen molar-refractivity contribution in [3.05, 3.63) is 75.0 Å². The van der Waals surface area contributed by atoms with Gasteiger partial charge < -0.3 is 14.6 Å². The van der Waals surface area contributed by atoms with E-state index in [0.717, 1.165) is 16.5 Å². The van der Waals surface area contributed by atoms with E-state index in [4.69, 9.17) is 16.3 Å². The normalized spacial score (nSPS) is 10.7. The number of carbonyl (C=O) groups is 1. The molecule has 0 spiro atoms. The van der Waals surface area contributed by atoms with Crippen molar-refractivity contribution >= 4 is 28.4 Å². The van der Waals surface area contributed by atoms with E-state index in [1.54, 1.807) is 36.3 Å². The van der Waals surface area contributed by atoms with Crippen molar-refractivity contribution in [2.45, 2.75) is 20.0 Å². The number of benzene rings is 2. The second kappa shape index (κ2) is 7.62. The lowest BCUT2D eigenvalue weighted by Crippen LogP contribution is -2.30. The molecule has 1 amide bonds. The van der Waals surface area contributed by atoms with E-state index in [1.807, 2.05) is 24.3 Å². The Bertz CT molecular complexity index is 1010. The summed E-state index contributed by atoms with van der Waals surface area (Å²) in [7, 11) is 1.59. The molecular weight excluding hydrogens is 352 g/mol. The number of aromatic nitrogens is 1. The monoisotopic (exact) mass is 370 g/mol. The molecule has 0 aliphatic rings. The number of pyridine rings is 1. The second-order valence-electron chi connectivity index (χ2n) is 6.04. The topological polar surface area (TPSA) is 62.4 Å². The molecule has 0 aliphatic heterocycles. The molecule has 3 aromatic rings. The van der Waals surface area contributed by atoms with Crippen LogP contribution in [0.3, 0.4) is 0 Å². The number of rotatable bonds is 5. The van der Waals surface area contributed by atoms with Crippen molar-refractivity contribution in [1.29, 1.82) is 0 Å². The summed E-state index contributed by atoms with van der Waals surface area (Å²) >= 11 is 6.20. The van der Waals surface area contributed by atoms with Gasteiger partial charge in [-0.2, -0.15) is 0 Å². The maximum absolute atomic E-state index is 12.4. The molecular formula is C20H19ClN2O3. The second-order valence-corrected chi connectivity index (χ2v) is 6.45. The van der Waals surface area contributed by atoms with Crippen LogP contribution in [0.15, 0.2) is 53.3 Å². The molecule has 6 heteroatoms. The highest BCUT2D eigenvalue weighted by Crippen LogP contribution is 2.21. The maximum Gasteiger partial charge on any atom is 0.253 e. The van der Waals surface area contributed by atoms with Gasteiger partial charge in [0.2, 0.25) is 5.91 Å². The third kappa shape index (κ3) is 3.89. The van der Waals surface area contributed by atoms with Gasteiger partial charge in [0.05, 0.1) is 13.7 Å². The van der Waals surface area contributed by atoms with Crippen LogP contribution in [0.25, 0.3) is 10.9 Å². The molecule has 0 atom stereocenters. The third-order valence-electron chi connectivity index (χ3n) is 4.25. The fourth-order valence-corrected chi connectivity index (χ4v) is 2.99. The molecule has 26 heavy (non-hydrogen) atoms. The van der Waals surface area contributed by atoms with E-state index >= 15 is 0 Å². The number of aromatic amines is 1. The minimum Gasteiger partial charge on any atom is -0.497 e. The van der Waals surface area contributed by atoms with E-state index in [1.165, 1.54) is 6.92 Å². The number of carbonyl (C=O) groups excluding carboxylic acids is 1. The number of fused-ring (bicyclic) bond motifs is 1. The van der Waals surface area contributed by atoms with Crippen LogP contribution in [0.4, 0.5) is 0 Å². The number of methoxy groups -OCH3 is 1. The van der Waals surface area contributed by atoms with Gasteiger partial charge in [-0.15, -0.1) is 0 Å². The molecule has 0 aliphatic carbocycles. The number of H-pyrrole nitrogens is 1. The largest absolute Gasteiger partial charge is 0.497 e. The molecule has 1 aromatic heterocycles.